The van der Waals surface area contributed by atoms with Gasteiger partial charge >= 0.3 is 0 Å². The van der Waals surface area contributed by atoms with E-state index in [1.165, 1.54) is 10.7 Å². The van der Waals surface area contributed by atoms with Crippen LogP contribution in [0.4, 0.5) is 5.69 Å². The van der Waals surface area contributed by atoms with Gasteiger partial charge in [0.15, 0.2) is 5.69 Å². The Balaban J connectivity index is 2.05. The van der Waals surface area contributed by atoms with Crippen molar-refractivity contribution in [2.24, 2.45) is 0 Å². The van der Waals surface area contributed by atoms with E-state index in [1.807, 2.05) is 44.2 Å². The first-order valence-electron chi connectivity index (χ1n) is 8.68. The molecule has 0 atom stereocenters. The summed E-state index contributed by atoms with van der Waals surface area (Å²) in [5.74, 6) is -0.537. The normalized spacial score (nSPS) is 10.7. The Morgan fingerprint density at radius 3 is 2.59 bits per heavy atom. The number of halogens is 1. The van der Waals surface area contributed by atoms with Gasteiger partial charge in [-0.15, -0.1) is 0 Å². The molecule has 0 aliphatic heterocycles. The third-order valence-electron chi connectivity index (χ3n) is 4.38. The van der Waals surface area contributed by atoms with Crippen molar-refractivity contribution in [3.63, 3.8) is 0 Å². The topological polar surface area (TPSA) is 64.0 Å². The number of amides is 1. The van der Waals surface area contributed by atoms with Crippen LogP contribution in [0, 0.1) is 13.8 Å². The number of carbonyl (C=O) groups is 1. The molecule has 0 aliphatic carbocycles. The fraction of sp³-hybridized carbons (Fsp3) is 0.190. The number of anilines is 1. The maximum Gasteiger partial charge on any atom is 0.280 e. The molecule has 5 nitrogen and oxygen atoms in total. The molecule has 3 rings (SSSR count). The summed E-state index contributed by atoms with van der Waals surface area (Å²) in [7, 11) is 0. The first-order chi connectivity index (χ1) is 12.9. The van der Waals surface area contributed by atoms with Crippen LogP contribution in [0.1, 0.15) is 34.2 Å². The Bertz CT molecular complexity index is 1070. The molecule has 2 aromatic carbocycles. The molecule has 138 valence electrons. The summed E-state index contributed by atoms with van der Waals surface area (Å²) in [6.45, 7) is 5.67. The lowest BCUT2D eigenvalue weighted by Gasteiger charge is -2.14. The van der Waals surface area contributed by atoms with Crippen molar-refractivity contribution in [3.05, 3.63) is 86.3 Å². The number of aromatic nitrogens is 2. The van der Waals surface area contributed by atoms with Gasteiger partial charge in [-0.3, -0.25) is 9.59 Å². The number of nitrogens with one attached hydrogen (secondary N) is 1. The summed E-state index contributed by atoms with van der Waals surface area (Å²) in [4.78, 5) is 25.2. The number of aryl methyl sites for hydroxylation is 3. The molecule has 6 heteroatoms. The number of para-hydroxylation sites is 2. The number of hydrogen-bond donors (Lipinski definition) is 1. The second-order valence-corrected chi connectivity index (χ2v) is 6.69. The minimum Gasteiger partial charge on any atom is -0.320 e. The highest BCUT2D eigenvalue weighted by molar-refractivity contribution is 6.32. The summed E-state index contributed by atoms with van der Waals surface area (Å²) >= 11 is 6.25. The van der Waals surface area contributed by atoms with E-state index in [4.69, 9.17) is 11.6 Å². The minimum absolute atomic E-state index is 0.175. The van der Waals surface area contributed by atoms with Crippen LogP contribution in [0.3, 0.4) is 0 Å². The zero-order valence-electron chi connectivity index (χ0n) is 15.4. The predicted molar refractivity (Wildman–Crippen MR) is 108 cm³/mol. The Morgan fingerprint density at radius 2 is 1.89 bits per heavy atom. The summed E-state index contributed by atoms with van der Waals surface area (Å²) in [5.41, 5.74) is 3.25. The molecule has 27 heavy (non-hydrogen) atoms. The standard InChI is InChI=1S/C21H20ClN3O2/c1-4-15-9-7-8-13(2)19(15)23-21(27)20-18(26)12-14(3)25(24-20)17-11-6-5-10-16(17)22/h5-12H,4H2,1-3H3,(H,23,27). The van der Waals surface area contributed by atoms with Crippen molar-refractivity contribution < 1.29 is 4.79 Å². The first kappa shape index (κ1) is 18.9. The molecule has 0 saturated carbocycles. The van der Waals surface area contributed by atoms with Crippen molar-refractivity contribution >= 4 is 23.2 Å². The lowest BCUT2D eigenvalue weighted by atomic mass is 10.1. The zero-order chi connectivity index (χ0) is 19.6. The molecule has 0 fully saturated rings. The molecule has 0 radical (unpaired) electrons. The van der Waals surface area contributed by atoms with Crippen LogP contribution < -0.4 is 10.7 Å². The number of benzene rings is 2. The Morgan fingerprint density at radius 1 is 1.15 bits per heavy atom. The number of carbonyl (C=O) groups excluding carboxylic acids is 1. The molecule has 0 aliphatic rings. The maximum atomic E-state index is 12.8. The second kappa shape index (κ2) is 7.76. The fourth-order valence-electron chi connectivity index (χ4n) is 2.95. The Labute approximate surface area is 162 Å². The van der Waals surface area contributed by atoms with Crippen molar-refractivity contribution in [1.82, 2.24) is 9.78 Å². The van der Waals surface area contributed by atoms with E-state index in [0.717, 1.165) is 23.2 Å². The van der Waals surface area contributed by atoms with E-state index in [0.29, 0.717) is 16.4 Å². The lowest BCUT2D eigenvalue weighted by molar-refractivity contribution is 0.101. The molecule has 1 aromatic heterocycles. The highest BCUT2D eigenvalue weighted by atomic mass is 35.5. The van der Waals surface area contributed by atoms with Gasteiger partial charge < -0.3 is 5.32 Å². The van der Waals surface area contributed by atoms with Gasteiger partial charge in [-0.2, -0.15) is 5.10 Å². The summed E-state index contributed by atoms with van der Waals surface area (Å²) in [6.07, 6.45) is 0.766. The molecule has 1 amide bonds. The largest absolute Gasteiger partial charge is 0.320 e. The third-order valence-corrected chi connectivity index (χ3v) is 4.70. The van der Waals surface area contributed by atoms with Gasteiger partial charge in [-0.1, -0.05) is 48.9 Å². The monoisotopic (exact) mass is 381 g/mol. The van der Waals surface area contributed by atoms with Crippen LogP contribution in [0.5, 0.6) is 0 Å². The SMILES string of the molecule is CCc1cccc(C)c1NC(=O)c1nn(-c2ccccc2Cl)c(C)cc1=O. The summed E-state index contributed by atoms with van der Waals surface area (Å²) in [6, 6.07) is 14.3. The fourth-order valence-corrected chi connectivity index (χ4v) is 3.16. The molecule has 3 aromatic rings. The molecule has 0 bridgehead atoms. The van der Waals surface area contributed by atoms with Crippen molar-refractivity contribution in [3.8, 4) is 5.69 Å². The van der Waals surface area contributed by atoms with E-state index in [1.54, 1.807) is 19.1 Å². The van der Waals surface area contributed by atoms with Gasteiger partial charge in [-0.05, 0) is 43.5 Å². The average Bonchev–Trinajstić information content (AvgIpc) is 2.64. The molecule has 1 heterocycles. The van der Waals surface area contributed by atoms with E-state index in [2.05, 4.69) is 10.4 Å². The van der Waals surface area contributed by atoms with Crippen LogP contribution in [0.15, 0.2) is 53.3 Å². The smallest absolute Gasteiger partial charge is 0.280 e. The predicted octanol–water partition coefficient (Wildman–Crippen LogP) is 4.32. The molecule has 0 saturated heterocycles. The van der Waals surface area contributed by atoms with Gasteiger partial charge in [0.1, 0.15) is 0 Å². The molecular weight excluding hydrogens is 362 g/mol. The minimum atomic E-state index is -0.537. The first-order valence-corrected chi connectivity index (χ1v) is 9.06. The molecule has 1 N–H and O–H groups in total. The Kier molecular flexibility index (Phi) is 5.42. The van der Waals surface area contributed by atoms with E-state index in [9.17, 15) is 9.59 Å². The van der Waals surface area contributed by atoms with Crippen molar-refractivity contribution in [2.75, 3.05) is 5.32 Å². The van der Waals surface area contributed by atoms with Crippen LogP contribution in [-0.4, -0.2) is 15.7 Å². The summed E-state index contributed by atoms with van der Waals surface area (Å²) < 4.78 is 1.51. The van der Waals surface area contributed by atoms with Crippen LogP contribution in [0.25, 0.3) is 5.69 Å². The second-order valence-electron chi connectivity index (χ2n) is 6.28. The van der Waals surface area contributed by atoms with Crippen LogP contribution >= 0.6 is 11.6 Å². The Hall–Kier alpha value is -2.92. The van der Waals surface area contributed by atoms with Gasteiger partial charge in [0, 0.05) is 17.4 Å². The molecule has 0 spiro atoms. The van der Waals surface area contributed by atoms with Crippen LogP contribution in [0.2, 0.25) is 5.02 Å². The molecular formula is C21H20ClN3O2. The maximum absolute atomic E-state index is 12.8. The highest BCUT2D eigenvalue weighted by Crippen LogP contribution is 2.22. The van der Waals surface area contributed by atoms with Gasteiger partial charge in [0.25, 0.3) is 5.91 Å². The number of rotatable bonds is 4. The average molecular weight is 382 g/mol. The molecule has 0 unspecified atom stereocenters. The van der Waals surface area contributed by atoms with Crippen molar-refractivity contribution in [2.45, 2.75) is 27.2 Å². The van der Waals surface area contributed by atoms with Gasteiger partial charge in [-0.25, -0.2) is 4.68 Å². The van der Waals surface area contributed by atoms with Crippen LogP contribution in [-0.2, 0) is 6.42 Å². The van der Waals surface area contributed by atoms with Crippen molar-refractivity contribution in [1.29, 1.82) is 0 Å². The zero-order valence-corrected chi connectivity index (χ0v) is 16.2. The third kappa shape index (κ3) is 3.78. The van der Waals surface area contributed by atoms with Gasteiger partial charge in [0.05, 0.1) is 10.7 Å². The number of nitrogens with zero attached hydrogens (tertiary/aromatic N) is 2. The van der Waals surface area contributed by atoms with E-state index >= 15 is 0 Å². The van der Waals surface area contributed by atoms with E-state index in [-0.39, 0.29) is 5.69 Å². The number of hydrogen-bond acceptors (Lipinski definition) is 3. The summed E-state index contributed by atoms with van der Waals surface area (Å²) in [5, 5.41) is 7.63. The van der Waals surface area contributed by atoms with E-state index < -0.39 is 11.3 Å². The quantitative estimate of drug-likeness (QED) is 0.732. The van der Waals surface area contributed by atoms with Gasteiger partial charge in [0.2, 0.25) is 5.43 Å². The lowest BCUT2D eigenvalue weighted by Crippen LogP contribution is -2.27. The highest BCUT2D eigenvalue weighted by Gasteiger charge is 2.18.